The van der Waals surface area contributed by atoms with Crippen LogP contribution in [0.1, 0.15) is 54.1 Å². The Labute approximate surface area is 311 Å². The lowest BCUT2D eigenvalue weighted by atomic mass is 9.98. The largest absolute Gasteiger partial charge is 0.478 e. The zero-order valence-electron chi connectivity index (χ0n) is 27.8. The molecule has 6 aromatic carbocycles. The number of amides is 1. The first kappa shape index (κ1) is 36.3. The highest BCUT2D eigenvalue weighted by Gasteiger charge is 2.19. The van der Waals surface area contributed by atoms with Crippen LogP contribution in [0.5, 0.6) is 0 Å². The number of carboxylic acid groups (broad SMARTS) is 1. The van der Waals surface area contributed by atoms with Crippen molar-refractivity contribution in [1.29, 1.82) is 0 Å². The van der Waals surface area contributed by atoms with E-state index in [0.29, 0.717) is 22.8 Å². The number of nitrogens with one attached hydrogen (secondary N) is 2. The summed E-state index contributed by atoms with van der Waals surface area (Å²) in [6, 6.07) is 41.1. The molecule has 10 heteroatoms. The van der Waals surface area contributed by atoms with Crippen molar-refractivity contribution in [3.05, 3.63) is 188 Å². The molecular weight excluding hydrogens is 699 g/mol. The maximum absolute atomic E-state index is 13.2. The number of anilines is 2. The van der Waals surface area contributed by atoms with Gasteiger partial charge in [0.05, 0.1) is 39.2 Å². The zero-order valence-corrected chi connectivity index (χ0v) is 29.3. The maximum atomic E-state index is 13.2. The van der Waals surface area contributed by atoms with Crippen molar-refractivity contribution in [2.24, 2.45) is 0 Å². The molecule has 0 saturated heterocycles. The number of rotatable bonds is 14. The van der Waals surface area contributed by atoms with Crippen LogP contribution in [-0.2, 0) is 35.8 Å². The van der Waals surface area contributed by atoms with Gasteiger partial charge < -0.3 is 10.4 Å². The van der Waals surface area contributed by atoms with E-state index in [-0.39, 0.29) is 29.4 Å². The molecule has 52 heavy (non-hydrogen) atoms. The summed E-state index contributed by atoms with van der Waals surface area (Å²) in [6.07, 6.45) is 1.29. The summed E-state index contributed by atoms with van der Waals surface area (Å²) in [5.41, 5.74) is 10.9. The molecule has 6 rings (SSSR count). The van der Waals surface area contributed by atoms with E-state index < -0.39 is 11.9 Å². The number of hydrogen-bond donors (Lipinski definition) is 4. The molecule has 0 atom stereocenters. The van der Waals surface area contributed by atoms with E-state index in [0.717, 1.165) is 45.4 Å². The van der Waals surface area contributed by atoms with Crippen LogP contribution in [0.15, 0.2) is 133 Å². The molecule has 0 aliphatic heterocycles. The SMILES string of the molecule is O=C(O)c1cc(Cc2ccccc2)ccc1C(=O)Nc1ccc(-c2ccc(NOCc3ccc(Cc4ccccc4)cc3COO)c(Cl)c2)cc1Cl. The van der Waals surface area contributed by atoms with E-state index in [9.17, 15) is 14.7 Å². The molecule has 6 aromatic rings. The Bertz CT molecular complexity index is 2200. The Balaban J connectivity index is 1.08. The fourth-order valence-electron chi connectivity index (χ4n) is 5.83. The van der Waals surface area contributed by atoms with Gasteiger partial charge in [-0.2, -0.15) is 0 Å². The summed E-state index contributed by atoms with van der Waals surface area (Å²) in [6.45, 7) is 0.213. The summed E-state index contributed by atoms with van der Waals surface area (Å²) < 4.78 is 0. The minimum Gasteiger partial charge on any atom is -0.478 e. The third-order valence-corrected chi connectivity index (χ3v) is 9.11. The van der Waals surface area contributed by atoms with E-state index >= 15 is 0 Å². The third-order valence-electron chi connectivity index (χ3n) is 8.48. The maximum Gasteiger partial charge on any atom is 0.336 e. The van der Waals surface area contributed by atoms with E-state index in [1.54, 1.807) is 36.4 Å². The second kappa shape index (κ2) is 17.2. The lowest BCUT2D eigenvalue weighted by molar-refractivity contribution is -0.253. The second-order valence-electron chi connectivity index (χ2n) is 12.1. The average Bonchev–Trinajstić information content (AvgIpc) is 3.15. The Hall–Kier alpha value is -5.48. The molecule has 1 amide bonds. The van der Waals surface area contributed by atoms with Crippen LogP contribution in [0, 0.1) is 0 Å². The van der Waals surface area contributed by atoms with Crippen molar-refractivity contribution < 1.29 is 29.7 Å². The Kier molecular flexibility index (Phi) is 12.0. The summed E-state index contributed by atoms with van der Waals surface area (Å²) in [7, 11) is 0. The predicted molar refractivity (Wildman–Crippen MR) is 204 cm³/mol. The lowest BCUT2D eigenvalue weighted by Gasteiger charge is -2.14. The standard InChI is InChI=1S/C42H34Cl2N2O6/c43-37-23-31(14-17-39(37)45-41(47)35-16-12-30(22-36(35)42(48)49)20-28-9-5-2-6-10-28)32-15-18-40(38(44)24-32)46-51-25-33-13-11-29(21-34(33)26-52-50)19-27-7-3-1-4-8-27/h1-18,21-24,46,50H,19-20,25-26H2,(H,45,47)(H,48,49). The topological polar surface area (TPSA) is 117 Å². The van der Waals surface area contributed by atoms with Gasteiger partial charge in [0.1, 0.15) is 6.61 Å². The first-order valence-corrected chi connectivity index (χ1v) is 17.1. The number of halogens is 2. The molecule has 0 unspecified atom stereocenters. The smallest absolute Gasteiger partial charge is 0.336 e. The zero-order chi connectivity index (χ0) is 36.5. The van der Waals surface area contributed by atoms with Crippen molar-refractivity contribution in [3.8, 4) is 11.1 Å². The highest BCUT2D eigenvalue weighted by Crippen LogP contribution is 2.33. The minimum atomic E-state index is -1.20. The number of carboxylic acids is 1. The van der Waals surface area contributed by atoms with Crippen molar-refractivity contribution in [2.75, 3.05) is 10.8 Å². The van der Waals surface area contributed by atoms with Gasteiger partial charge in [-0.3, -0.25) is 20.4 Å². The highest BCUT2D eigenvalue weighted by molar-refractivity contribution is 6.34. The monoisotopic (exact) mass is 732 g/mol. The van der Waals surface area contributed by atoms with E-state index in [4.69, 9.17) is 33.3 Å². The third kappa shape index (κ3) is 9.24. The predicted octanol–water partition coefficient (Wildman–Crippen LogP) is 10.3. The molecule has 0 spiro atoms. The first-order chi connectivity index (χ1) is 25.3. The van der Waals surface area contributed by atoms with Crippen molar-refractivity contribution in [2.45, 2.75) is 26.1 Å². The Morgan fingerprint density at radius 3 is 1.73 bits per heavy atom. The molecule has 0 aliphatic carbocycles. The van der Waals surface area contributed by atoms with Crippen molar-refractivity contribution in [1.82, 2.24) is 0 Å². The van der Waals surface area contributed by atoms with Gasteiger partial charge in [0.15, 0.2) is 0 Å². The molecule has 4 N–H and O–H groups in total. The fraction of sp³-hybridized carbons (Fsp3) is 0.0952. The highest BCUT2D eigenvalue weighted by atomic mass is 35.5. The normalized spacial score (nSPS) is 10.9. The number of aromatic carboxylic acids is 1. The minimum absolute atomic E-state index is 0.0213. The van der Waals surface area contributed by atoms with Gasteiger partial charge >= 0.3 is 5.97 Å². The number of hydrogen-bond acceptors (Lipinski definition) is 6. The van der Waals surface area contributed by atoms with Crippen LogP contribution in [0.3, 0.4) is 0 Å². The van der Waals surface area contributed by atoms with Crippen LogP contribution in [-0.4, -0.2) is 22.2 Å². The quantitative estimate of drug-likeness (QED) is 0.0650. The summed E-state index contributed by atoms with van der Waals surface area (Å²) in [4.78, 5) is 35.5. The lowest BCUT2D eigenvalue weighted by Crippen LogP contribution is -2.17. The van der Waals surface area contributed by atoms with Gasteiger partial charge in [0.2, 0.25) is 0 Å². The first-order valence-electron chi connectivity index (χ1n) is 16.4. The van der Waals surface area contributed by atoms with E-state index in [1.807, 2.05) is 72.8 Å². The molecule has 0 bridgehead atoms. The van der Waals surface area contributed by atoms with Crippen LogP contribution in [0.4, 0.5) is 11.4 Å². The van der Waals surface area contributed by atoms with E-state index in [1.165, 1.54) is 17.7 Å². The Morgan fingerprint density at radius 2 is 1.15 bits per heavy atom. The van der Waals surface area contributed by atoms with Crippen LogP contribution in [0.2, 0.25) is 10.0 Å². The van der Waals surface area contributed by atoms with Gasteiger partial charge in [-0.05, 0) is 93.7 Å². The van der Waals surface area contributed by atoms with Gasteiger partial charge in [0, 0.05) is 0 Å². The van der Waals surface area contributed by atoms with Crippen LogP contribution >= 0.6 is 23.2 Å². The fourth-order valence-corrected chi connectivity index (χ4v) is 6.28. The van der Waals surface area contributed by atoms with Crippen molar-refractivity contribution >= 4 is 46.5 Å². The van der Waals surface area contributed by atoms with Gasteiger partial charge in [-0.15, -0.1) is 0 Å². The molecular formula is C42H34Cl2N2O6. The Morgan fingerprint density at radius 1 is 0.577 bits per heavy atom. The molecule has 0 radical (unpaired) electrons. The molecule has 0 aliphatic rings. The van der Waals surface area contributed by atoms with Crippen molar-refractivity contribution in [3.63, 3.8) is 0 Å². The van der Waals surface area contributed by atoms with Crippen LogP contribution < -0.4 is 10.8 Å². The van der Waals surface area contributed by atoms with Gasteiger partial charge in [-0.1, -0.05) is 120 Å². The molecule has 0 aromatic heterocycles. The molecule has 0 fully saturated rings. The summed E-state index contributed by atoms with van der Waals surface area (Å²) in [5, 5.41) is 22.4. The number of carbonyl (C=O) groups excluding carboxylic acids is 1. The summed E-state index contributed by atoms with van der Waals surface area (Å²) in [5.74, 6) is -1.79. The molecule has 262 valence electrons. The van der Waals surface area contributed by atoms with Gasteiger partial charge in [-0.25, -0.2) is 9.68 Å². The van der Waals surface area contributed by atoms with Crippen LogP contribution in [0.25, 0.3) is 11.1 Å². The van der Waals surface area contributed by atoms with E-state index in [2.05, 4.69) is 27.8 Å². The number of carbonyl (C=O) groups is 2. The van der Waals surface area contributed by atoms with Gasteiger partial charge in [0.25, 0.3) is 5.91 Å². The molecule has 8 nitrogen and oxygen atoms in total. The summed E-state index contributed by atoms with van der Waals surface area (Å²) >= 11 is 13.2. The second-order valence-corrected chi connectivity index (χ2v) is 12.9. The number of benzene rings is 6. The molecule has 0 heterocycles. The molecule has 0 saturated carbocycles. The average molecular weight is 734 g/mol.